The maximum absolute atomic E-state index is 8.73. The minimum atomic E-state index is -0.202. The van der Waals surface area contributed by atoms with Crippen molar-refractivity contribution in [3.63, 3.8) is 0 Å². The Labute approximate surface area is 124 Å². The Morgan fingerprint density at radius 2 is 2.00 bits per heavy atom. The van der Waals surface area contributed by atoms with Gasteiger partial charge in [-0.3, -0.25) is 0 Å². The van der Waals surface area contributed by atoms with Crippen LogP contribution in [-0.4, -0.2) is 24.1 Å². The van der Waals surface area contributed by atoms with Gasteiger partial charge < -0.3 is 16.3 Å². The molecule has 2 unspecified atom stereocenters. The van der Waals surface area contributed by atoms with Gasteiger partial charge in [0.2, 0.25) is 0 Å². The quantitative estimate of drug-likeness (QED) is 0.210. The van der Waals surface area contributed by atoms with Gasteiger partial charge in [0.05, 0.1) is 0 Å². The van der Waals surface area contributed by atoms with E-state index in [9.17, 15) is 0 Å². The lowest BCUT2D eigenvalue weighted by Gasteiger charge is -2.29. The van der Waals surface area contributed by atoms with Crippen LogP contribution >= 0.6 is 0 Å². The molecule has 0 aromatic heterocycles. The van der Waals surface area contributed by atoms with Crippen LogP contribution in [0.2, 0.25) is 0 Å². The Morgan fingerprint density at radius 1 is 1.30 bits per heavy atom. The molecule has 1 aliphatic carbocycles. The van der Waals surface area contributed by atoms with Gasteiger partial charge in [-0.2, -0.15) is 0 Å². The fraction of sp³-hybridized carbons (Fsp3) is 0.938. The lowest BCUT2D eigenvalue weighted by atomic mass is 9.80. The van der Waals surface area contributed by atoms with Gasteiger partial charge in [-0.25, -0.2) is 0 Å². The topological polar surface area (TPSA) is 70.6 Å². The third kappa shape index (κ3) is 5.70. The number of unbranched alkanes of at least 4 members (excludes halogenated alkanes) is 1. The number of hydrogen-bond acceptors (Lipinski definition) is 3. The summed E-state index contributed by atoms with van der Waals surface area (Å²) in [6, 6.07) is 0. The van der Waals surface area contributed by atoms with E-state index in [4.69, 9.17) is 10.9 Å². The summed E-state index contributed by atoms with van der Waals surface area (Å²) in [4.78, 5) is 0. The number of rotatable bonds is 8. The van der Waals surface area contributed by atoms with Crippen molar-refractivity contribution >= 4 is 5.84 Å². The van der Waals surface area contributed by atoms with Crippen molar-refractivity contribution in [2.24, 2.45) is 28.1 Å². The molecule has 4 heteroatoms. The van der Waals surface area contributed by atoms with Crippen LogP contribution in [0.4, 0.5) is 0 Å². The van der Waals surface area contributed by atoms with E-state index in [0.717, 1.165) is 37.6 Å². The predicted octanol–water partition coefficient (Wildman–Crippen LogP) is 3.35. The normalized spacial score (nSPS) is 24.9. The van der Waals surface area contributed by atoms with Crippen LogP contribution in [0.15, 0.2) is 5.16 Å². The molecule has 0 spiro atoms. The Hall–Kier alpha value is -0.770. The van der Waals surface area contributed by atoms with Crippen LogP contribution in [0.3, 0.4) is 0 Å². The number of hydrogen-bond donors (Lipinski definition) is 3. The Morgan fingerprint density at radius 3 is 2.65 bits per heavy atom. The molecule has 0 bridgehead atoms. The fourth-order valence-corrected chi connectivity index (χ4v) is 3.06. The zero-order valence-electron chi connectivity index (χ0n) is 13.5. The van der Waals surface area contributed by atoms with Crippen molar-refractivity contribution in [1.29, 1.82) is 0 Å². The van der Waals surface area contributed by atoms with Crippen LogP contribution in [-0.2, 0) is 0 Å². The number of oxime groups is 1. The Bertz CT molecular complexity index is 302. The van der Waals surface area contributed by atoms with E-state index >= 15 is 0 Å². The van der Waals surface area contributed by atoms with Gasteiger partial charge in [-0.15, -0.1) is 0 Å². The van der Waals surface area contributed by atoms with Crippen LogP contribution in [0.1, 0.15) is 65.7 Å². The van der Waals surface area contributed by atoms with Crippen LogP contribution in [0, 0.1) is 17.3 Å². The Balaban J connectivity index is 2.07. The van der Waals surface area contributed by atoms with Crippen molar-refractivity contribution in [3.8, 4) is 0 Å². The van der Waals surface area contributed by atoms with Gasteiger partial charge in [0.1, 0.15) is 5.84 Å². The minimum absolute atomic E-state index is 0.202. The first-order chi connectivity index (χ1) is 9.47. The number of amidine groups is 1. The van der Waals surface area contributed by atoms with Crippen molar-refractivity contribution in [3.05, 3.63) is 0 Å². The largest absolute Gasteiger partial charge is 0.409 e. The number of nitrogens with zero attached hydrogens (tertiary/aromatic N) is 1. The smallest absolute Gasteiger partial charge is 0.144 e. The number of nitrogens with one attached hydrogen (secondary N) is 1. The SMILES string of the molecule is CC1CCCCC1CNCCCCC(C)(C)C(N)=NO. The first-order valence-corrected chi connectivity index (χ1v) is 8.16. The van der Waals surface area contributed by atoms with E-state index in [1.165, 1.54) is 32.2 Å². The van der Waals surface area contributed by atoms with Gasteiger partial charge in [-0.1, -0.05) is 51.6 Å². The van der Waals surface area contributed by atoms with Crippen LogP contribution in [0.5, 0.6) is 0 Å². The fourth-order valence-electron chi connectivity index (χ4n) is 3.06. The monoisotopic (exact) mass is 283 g/mol. The average molecular weight is 283 g/mol. The molecule has 0 aliphatic heterocycles. The van der Waals surface area contributed by atoms with E-state index in [1.54, 1.807) is 0 Å². The molecule has 0 aromatic rings. The molecule has 1 aliphatic rings. The molecule has 1 fully saturated rings. The van der Waals surface area contributed by atoms with E-state index in [1.807, 2.05) is 13.8 Å². The molecule has 0 amide bonds. The summed E-state index contributed by atoms with van der Waals surface area (Å²) in [6.45, 7) is 8.70. The van der Waals surface area contributed by atoms with Crippen LogP contribution < -0.4 is 11.1 Å². The maximum Gasteiger partial charge on any atom is 0.144 e. The lowest BCUT2D eigenvalue weighted by Crippen LogP contribution is -2.32. The zero-order chi connectivity index (χ0) is 15.0. The molecular weight excluding hydrogens is 250 g/mol. The van der Waals surface area contributed by atoms with Crippen molar-refractivity contribution < 1.29 is 5.21 Å². The van der Waals surface area contributed by atoms with E-state index in [0.29, 0.717) is 5.84 Å². The highest BCUT2D eigenvalue weighted by atomic mass is 16.4. The van der Waals surface area contributed by atoms with E-state index in [2.05, 4.69) is 17.4 Å². The lowest BCUT2D eigenvalue weighted by molar-refractivity contribution is 0.247. The first kappa shape index (κ1) is 17.3. The summed E-state index contributed by atoms with van der Waals surface area (Å²) in [7, 11) is 0. The summed E-state index contributed by atoms with van der Waals surface area (Å²) in [5.41, 5.74) is 5.49. The molecule has 2 atom stereocenters. The zero-order valence-corrected chi connectivity index (χ0v) is 13.5. The molecular formula is C16H33N3O. The summed E-state index contributed by atoms with van der Waals surface area (Å²) >= 11 is 0. The highest BCUT2D eigenvalue weighted by Crippen LogP contribution is 2.28. The summed E-state index contributed by atoms with van der Waals surface area (Å²) in [6.07, 6.45) is 8.85. The Kier molecular flexibility index (Phi) is 7.35. The second-order valence-electron chi connectivity index (χ2n) is 7.05. The third-order valence-electron chi connectivity index (χ3n) is 4.90. The maximum atomic E-state index is 8.73. The molecule has 4 nitrogen and oxygen atoms in total. The average Bonchev–Trinajstić information content (AvgIpc) is 2.43. The van der Waals surface area contributed by atoms with Crippen molar-refractivity contribution in [2.45, 2.75) is 65.7 Å². The second-order valence-corrected chi connectivity index (χ2v) is 7.05. The molecule has 0 heterocycles. The molecule has 118 valence electrons. The molecule has 0 radical (unpaired) electrons. The predicted molar refractivity (Wildman–Crippen MR) is 85.0 cm³/mol. The van der Waals surface area contributed by atoms with E-state index < -0.39 is 0 Å². The van der Waals surface area contributed by atoms with Gasteiger partial charge >= 0.3 is 0 Å². The highest BCUT2D eigenvalue weighted by Gasteiger charge is 2.23. The van der Waals surface area contributed by atoms with Crippen molar-refractivity contribution in [1.82, 2.24) is 5.32 Å². The van der Waals surface area contributed by atoms with Gasteiger partial charge in [0.25, 0.3) is 0 Å². The van der Waals surface area contributed by atoms with Crippen LogP contribution in [0.25, 0.3) is 0 Å². The minimum Gasteiger partial charge on any atom is -0.409 e. The third-order valence-corrected chi connectivity index (χ3v) is 4.90. The van der Waals surface area contributed by atoms with Gasteiger partial charge in [0, 0.05) is 5.41 Å². The summed E-state index contributed by atoms with van der Waals surface area (Å²) < 4.78 is 0. The van der Waals surface area contributed by atoms with Crippen molar-refractivity contribution in [2.75, 3.05) is 13.1 Å². The first-order valence-electron chi connectivity index (χ1n) is 8.16. The molecule has 1 rings (SSSR count). The number of nitrogens with two attached hydrogens (primary N) is 1. The summed E-state index contributed by atoms with van der Waals surface area (Å²) in [5.74, 6) is 2.09. The molecule has 0 aromatic carbocycles. The van der Waals surface area contributed by atoms with Gasteiger partial charge in [-0.05, 0) is 44.2 Å². The standard InChI is InChI=1S/C16H33N3O/c1-13-8-4-5-9-14(13)12-18-11-7-6-10-16(2,3)15(17)19-20/h13-14,18,20H,4-12H2,1-3H3,(H2,17,19). The second kappa shape index (κ2) is 8.50. The summed E-state index contributed by atoms with van der Waals surface area (Å²) in [5, 5.41) is 15.5. The molecule has 0 saturated heterocycles. The molecule has 4 N–H and O–H groups in total. The molecule has 20 heavy (non-hydrogen) atoms. The molecule has 1 saturated carbocycles. The van der Waals surface area contributed by atoms with Gasteiger partial charge in [0.15, 0.2) is 0 Å². The highest BCUT2D eigenvalue weighted by molar-refractivity contribution is 5.85. The van der Waals surface area contributed by atoms with E-state index in [-0.39, 0.29) is 5.41 Å².